The fourth-order valence-corrected chi connectivity index (χ4v) is 2.40. The van der Waals surface area contributed by atoms with Crippen LogP contribution in [0.15, 0.2) is 17.8 Å². The van der Waals surface area contributed by atoms with Crippen molar-refractivity contribution in [2.45, 2.75) is 45.6 Å². The van der Waals surface area contributed by atoms with Crippen LogP contribution in [0.1, 0.15) is 37.9 Å². The number of ether oxygens (including phenoxy) is 1. The molecule has 0 saturated heterocycles. The molecule has 0 bridgehead atoms. The highest BCUT2D eigenvalue weighted by molar-refractivity contribution is 5.88. The number of rotatable bonds is 5. The summed E-state index contributed by atoms with van der Waals surface area (Å²) >= 11 is 0. The van der Waals surface area contributed by atoms with E-state index in [-0.39, 0.29) is 24.9 Å². The lowest BCUT2D eigenvalue weighted by Gasteiger charge is -2.07. The molecular formula is C14H19N3O4. The number of carbonyl (C=O) groups excluding carboxylic acids is 1. The van der Waals surface area contributed by atoms with Crippen LogP contribution in [0.5, 0.6) is 0 Å². The van der Waals surface area contributed by atoms with Crippen LogP contribution in [0, 0.1) is 17.0 Å². The molecule has 114 valence electrons. The lowest BCUT2D eigenvalue weighted by molar-refractivity contribution is -0.392. The van der Waals surface area contributed by atoms with E-state index < -0.39 is 4.92 Å². The second-order valence-electron chi connectivity index (χ2n) is 5.04. The lowest BCUT2D eigenvalue weighted by Crippen LogP contribution is -2.15. The van der Waals surface area contributed by atoms with Gasteiger partial charge >= 0.3 is 11.8 Å². The Labute approximate surface area is 122 Å². The van der Waals surface area contributed by atoms with Crippen LogP contribution in [0.3, 0.4) is 0 Å². The Kier molecular flexibility index (Phi) is 5.08. The summed E-state index contributed by atoms with van der Waals surface area (Å²) in [6.07, 6.45) is 8.07. The van der Waals surface area contributed by atoms with Gasteiger partial charge in [0, 0.05) is 12.5 Å². The Bertz CT molecular complexity index is 563. The normalized spacial score (nSPS) is 15.2. The first-order chi connectivity index (χ1) is 10.1. The maximum Gasteiger partial charge on any atom is 0.342 e. The summed E-state index contributed by atoms with van der Waals surface area (Å²) in [7, 11) is 0. The summed E-state index contributed by atoms with van der Waals surface area (Å²) in [5.74, 6) is 0.140. The number of imidazole rings is 1. The van der Waals surface area contributed by atoms with Gasteiger partial charge in [0.1, 0.15) is 19.3 Å². The van der Waals surface area contributed by atoms with Crippen molar-refractivity contribution in [1.29, 1.82) is 0 Å². The molecule has 1 heterocycles. The maximum atomic E-state index is 11.9. The number of aromatic nitrogens is 2. The molecule has 2 rings (SSSR count). The minimum Gasteiger partial charge on any atom is -0.458 e. The Morgan fingerprint density at radius 3 is 3.05 bits per heavy atom. The fourth-order valence-electron chi connectivity index (χ4n) is 2.40. The molecular weight excluding hydrogens is 274 g/mol. The monoisotopic (exact) mass is 293 g/mol. The van der Waals surface area contributed by atoms with Gasteiger partial charge in [-0.25, -0.2) is 14.3 Å². The predicted molar refractivity (Wildman–Crippen MR) is 75.7 cm³/mol. The molecule has 0 amide bonds. The van der Waals surface area contributed by atoms with Gasteiger partial charge in [-0.2, -0.15) is 0 Å². The van der Waals surface area contributed by atoms with Gasteiger partial charge in [-0.1, -0.05) is 12.5 Å². The van der Waals surface area contributed by atoms with Crippen molar-refractivity contribution in [3.8, 4) is 0 Å². The summed E-state index contributed by atoms with van der Waals surface area (Å²) in [6.45, 7) is 2.03. The van der Waals surface area contributed by atoms with Gasteiger partial charge in [0.05, 0.1) is 0 Å². The van der Waals surface area contributed by atoms with Gasteiger partial charge in [0.2, 0.25) is 0 Å². The molecule has 0 unspecified atom stereocenters. The standard InChI is InChI=1S/C14H19N3O4/c1-11-15-10-13(17(19)20)16(11)8-9-21-14(18)12-6-4-2-3-5-7-12/h6,10H,2-5,7-9H2,1H3. The van der Waals surface area contributed by atoms with Crippen LogP contribution >= 0.6 is 0 Å². The highest BCUT2D eigenvalue weighted by atomic mass is 16.6. The lowest BCUT2D eigenvalue weighted by atomic mass is 10.1. The molecule has 0 aliphatic heterocycles. The average molecular weight is 293 g/mol. The van der Waals surface area contributed by atoms with Gasteiger partial charge in [-0.15, -0.1) is 0 Å². The molecule has 7 heteroatoms. The van der Waals surface area contributed by atoms with Gasteiger partial charge < -0.3 is 14.9 Å². The minimum atomic E-state index is -0.490. The van der Waals surface area contributed by atoms with E-state index in [1.54, 1.807) is 6.92 Å². The number of nitro groups is 1. The Morgan fingerprint density at radius 2 is 2.29 bits per heavy atom. The van der Waals surface area contributed by atoms with Crippen molar-refractivity contribution in [2.75, 3.05) is 6.61 Å². The minimum absolute atomic E-state index is 0.0859. The number of hydrogen-bond donors (Lipinski definition) is 0. The zero-order chi connectivity index (χ0) is 15.2. The van der Waals surface area contributed by atoms with Crippen molar-refractivity contribution in [3.05, 3.63) is 33.8 Å². The Hall–Kier alpha value is -2.18. The molecule has 0 radical (unpaired) electrons. The van der Waals surface area contributed by atoms with Crippen LogP contribution in [0.2, 0.25) is 0 Å². The maximum absolute atomic E-state index is 11.9. The van der Waals surface area contributed by atoms with Crippen molar-refractivity contribution in [1.82, 2.24) is 9.55 Å². The van der Waals surface area contributed by atoms with E-state index in [2.05, 4.69) is 4.98 Å². The largest absolute Gasteiger partial charge is 0.458 e. The Balaban J connectivity index is 1.89. The third-order valence-electron chi connectivity index (χ3n) is 3.57. The average Bonchev–Trinajstić information content (AvgIpc) is 2.67. The van der Waals surface area contributed by atoms with Crippen LogP contribution in [-0.2, 0) is 16.1 Å². The molecule has 0 spiro atoms. The molecule has 21 heavy (non-hydrogen) atoms. The molecule has 0 aromatic carbocycles. The van der Waals surface area contributed by atoms with E-state index in [0.717, 1.165) is 37.7 Å². The zero-order valence-corrected chi connectivity index (χ0v) is 12.1. The van der Waals surface area contributed by atoms with E-state index in [1.807, 2.05) is 6.08 Å². The number of aryl methyl sites for hydroxylation is 1. The highest BCUT2D eigenvalue weighted by Gasteiger charge is 2.18. The number of carbonyl (C=O) groups is 1. The molecule has 1 aliphatic carbocycles. The van der Waals surface area contributed by atoms with Gasteiger partial charge in [-0.05, 0) is 30.6 Å². The summed E-state index contributed by atoms with van der Waals surface area (Å²) in [4.78, 5) is 26.2. The SMILES string of the molecule is Cc1ncc([N+](=O)[O-])n1CCOC(=O)C1=CCCCCC1. The van der Waals surface area contributed by atoms with Gasteiger partial charge in [-0.3, -0.25) is 0 Å². The van der Waals surface area contributed by atoms with Crippen LogP contribution < -0.4 is 0 Å². The van der Waals surface area contributed by atoms with Gasteiger partial charge in [0.25, 0.3) is 0 Å². The summed E-state index contributed by atoms with van der Waals surface area (Å²) in [5.41, 5.74) is 0.726. The van der Waals surface area contributed by atoms with E-state index in [1.165, 1.54) is 10.8 Å². The highest BCUT2D eigenvalue weighted by Crippen LogP contribution is 2.18. The second-order valence-corrected chi connectivity index (χ2v) is 5.04. The fraction of sp³-hybridized carbons (Fsp3) is 0.571. The molecule has 0 atom stereocenters. The molecule has 1 aromatic rings. The van der Waals surface area contributed by atoms with Crippen LogP contribution in [-0.4, -0.2) is 27.1 Å². The van der Waals surface area contributed by atoms with E-state index >= 15 is 0 Å². The van der Waals surface area contributed by atoms with E-state index in [9.17, 15) is 14.9 Å². The smallest absolute Gasteiger partial charge is 0.342 e. The topological polar surface area (TPSA) is 87.3 Å². The summed E-state index contributed by atoms with van der Waals surface area (Å²) in [5, 5.41) is 10.8. The number of nitrogens with zero attached hydrogens (tertiary/aromatic N) is 3. The van der Waals surface area contributed by atoms with Crippen molar-refractivity contribution >= 4 is 11.8 Å². The van der Waals surface area contributed by atoms with Crippen molar-refractivity contribution < 1.29 is 14.5 Å². The molecule has 1 aromatic heterocycles. The molecule has 1 aliphatic rings. The second kappa shape index (κ2) is 7.01. The number of hydrogen-bond acceptors (Lipinski definition) is 5. The molecule has 0 N–H and O–H groups in total. The van der Waals surface area contributed by atoms with E-state index in [0.29, 0.717) is 5.82 Å². The first kappa shape index (κ1) is 15.2. The van der Waals surface area contributed by atoms with Crippen molar-refractivity contribution in [2.24, 2.45) is 0 Å². The third-order valence-corrected chi connectivity index (χ3v) is 3.57. The third kappa shape index (κ3) is 3.90. The number of esters is 1. The van der Waals surface area contributed by atoms with Crippen LogP contribution in [0.4, 0.5) is 5.82 Å². The summed E-state index contributed by atoms with van der Waals surface area (Å²) < 4.78 is 6.66. The first-order valence-electron chi connectivity index (χ1n) is 7.12. The van der Waals surface area contributed by atoms with Crippen molar-refractivity contribution in [3.63, 3.8) is 0 Å². The molecule has 0 fully saturated rings. The number of allylic oxidation sites excluding steroid dienone is 1. The van der Waals surface area contributed by atoms with E-state index in [4.69, 9.17) is 4.74 Å². The zero-order valence-electron chi connectivity index (χ0n) is 12.1. The first-order valence-corrected chi connectivity index (χ1v) is 7.12. The molecule has 0 saturated carbocycles. The summed E-state index contributed by atoms with van der Waals surface area (Å²) in [6, 6.07) is 0. The predicted octanol–water partition coefficient (Wildman–Crippen LogP) is 2.53. The quantitative estimate of drug-likeness (QED) is 0.473. The molecule has 7 nitrogen and oxygen atoms in total. The Morgan fingerprint density at radius 1 is 1.48 bits per heavy atom. The van der Waals surface area contributed by atoms with Gasteiger partial charge in [0.15, 0.2) is 5.82 Å². The van der Waals surface area contributed by atoms with Crippen LogP contribution in [0.25, 0.3) is 0 Å².